The van der Waals surface area contributed by atoms with E-state index in [9.17, 15) is 0 Å². The Morgan fingerprint density at radius 2 is 2.19 bits per heavy atom. The van der Waals surface area contributed by atoms with Gasteiger partial charge in [-0.15, -0.1) is 0 Å². The van der Waals surface area contributed by atoms with E-state index in [1.54, 1.807) is 12.4 Å². The number of anilines is 1. The first-order valence-corrected chi connectivity index (χ1v) is 8.64. The molecule has 3 aromatic heterocycles. The minimum absolute atomic E-state index is 0.417. The van der Waals surface area contributed by atoms with Crippen molar-refractivity contribution >= 4 is 18.2 Å². The summed E-state index contributed by atoms with van der Waals surface area (Å²) in [5, 5.41) is 8.29. The lowest BCUT2D eigenvalue weighted by Gasteiger charge is -2.03. The zero-order valence-corrected chi connectivity index (χ0v) is 14.7. The molecule has 3 aromatic rings. The number of hydrogen-bond acceptors (Lipinski definition) is 7. The van der Waals surface area contributed by atoms with Gasteiger partial charge in [-0.05, 0) is 22.8 Å². The van der Waals surface area contributed by atoms with E-state index in [1.807, 2.05) is 47.4 Å². The third-order valence-corrected chi connectivity index (χ3v) is 4.07. The summed E-state index contributed by atoms with van der Waals surface area (Å²) in [5.74, 6) is 1.61. The van der Waals surface area contributed by atoms with Crippen molar-refractivity contribution in [1.29, 1.82) is 0 Å². The monoisotopic (exact) mass is 363 g/mol. The van der Waals surface area contributed by atoms with Gasteiger partial charge in [-0.3, -0.25) is 0 Å². The predicted octanol–water partition coefficient (Wildman–Crippen LogP) is 2.16. The second-order valence-corrected chi connectivity index (χ2v) is 6.03. The molecule has 4 heterocycles. The average Bonchev–Trinajstić information content (AvgIpc) is 3.36. The van der Waals surface area contributed by atoms with Gasteiger partial charge in [0.25, 0.3) is 0 Å². The first-order valence-electron chi connectivity index (χ1n) is 8.64. The van der Waals surface area contributed by atoms with Crippen LogP contribution in [0.25, 0.3) is 11.3 Å². The number of rotatable bonds is 7. The van der Waals surface area contributed by atoms with E-state index < -0.39 is 0 Å². The number of pyridine rings is 2. The molecular weight excluding hydrogens is 344 g/mol. The van der Waals surface area contributed by atoms with Gasteiger partial charge in [0.05, 0.1) is 23.9 Å². The zero-order chi connectivity index (χ0) is 18.5. The van der Waals surface area contributed by atoms with Crippen molar-refractivity contribution in [3.8, 4) is 17.2 Å². The topological polar surface area (TPSA) is 102 Å². The summed E-state index contributed by atoms with van der Waals surface area (Å²) in [6.07, 6.45) is 8.79. The van der Waals surface area contributed by atoms with Gasteiger partial charge in [0, 0.05) is 30.9 Å². The molecule has 0 unspecified atom stereocenters. The van der Waals surface area contributed by atoms with Crippen LogP contribution in [-0.2, 0) is 6.42 Å². The highest BCUT2D eigenvalue weighted by Gasteiger charge is 2.11. The Kier molecular flexibility index (Phi) is 4.86. The summed E-state index contributed by atoms with van der Waals surface area (Å²) in [7, 11) is 0. The Hall–Kier alpha value is -3.55. The fourth-order valence-corrected chi connectivity index (χ4v) is 2.72. The van der Waals surface area contributed by atoms with E-state index in [0.717, 1.165) is 23.2 Å². The minimum atomic E-state index is 0.417. The Morgan fingerprint density at radius 3 is 2.96 bits per heavy atom. The van der Waals surface area contributed by atoms with Crippen molar-refractivity contribution in [3.05, 3.63) is 54.0 Å². The number of nitrogens with zero attached hydrogens (tertiary/aromatic N) is 5. The van der Waals surface area contributed by atoms with Crippen LogP contribution < -0.4 is 10.5 Å². The molecule has 8 heteroatoms. The highest BCUT2D eigenvalue weighted by atomic mass is 16.5. The van der Waals surface area contributed by atoms with Crippen LogP contribution in [0.2, 0.25) is 0 Å². The standard InChI is InChI=1S/C19H19N6O2/c20-19-16(3-1-6-21-19)17-12-15(24-27-17)11-14-4-5-18(22-13-14)26-10-9-25-8-2-7-23-25/h1,3-8,12-13H,2,9-11H2,(H2,20,21)/q+1. The van der Waals surface area contributed by atoms with Crippen LogP contribution in [0.15, 0.2) is 52.4 Å². The van der Waals surface area contributed by atoms with E-state index in [4.69, 9.17) is 15.0 Å². The fraction of sp³-hybridized carbons (Fsp3) is 0.211. The highest BCUT2D eigenvalue weighted by molar-refractivity contribution is 5.78. The molecule has 1 aliphatic heterocycles. The third-order valence-electron chi connectivity index (χ3n) is 4.07. The van der Waals surface area contributed by atoms with E-state index in [2.05, 4.69) is 20.2 Å². The molecule has 0 amide bonds. The number of hydrazone groups is 1. The van der Waals surface area contributed by atoms with Gasteiger partial charge in [-0.2, -0.15) is 0 Å². The molecule has 0 aromatic carbocycles. The summed E-state index contributed by atoms with van der Waals surface area (Å²) >= 11 is 0. The van der Waals surface area contributed by atoms with Crippen molar-refractivity contribution in [1.82, 2.24) is 15.1 Å². The van der Waals surface area contributed by atoms with Crippen LogP contribution >= 0.6 is 0 Å². The van der Waals surface area contributed by atoms with Crippen LogP contribution in [0.4, 0.5) is 5.82 Å². The fourth-order valence-electron chi connectivity index (χ4n) is 2.72. The minimum Gasteiger partial charge on any atom is -0.471 e. The second-order valence-electron chi connectivity index (χ2n) is 6.03. The Morgan fingerprint density at radius 1 is 1.22 bits per heavy atom. The third kappa shape index (κ3) is 4.17. The molecule has 0 radical (unpaired) electrons. The van der Waals surface area contributed by atoms with Crippen LogP contribution in [-0.4, -0.2) is 45.4 Å². The van der Waals surface area contributed by atoms with Crippen molar-refractivity contribution in [2.45, 2.75) is 12.8 Å². The van der Waals surface area contributed by atoms with Crippen LogP contribution in [0.5, 0.6) is 5.88 Å². The van der Waals surface area contributed by atoms with E-state index in [1.165, 1.54) is 0 Å². The second kappa shape index (κ2) is 7.77. The molecule has 0 aliphatic carbocycles. The summed E-state index contributed by atoms with van der Waals surface area (Å²) < 4.78 is 12.9. The largest absolute Gasteiger partial charge is 0.471 e. The zero-order valence-electron chi connectivity index (χ0n) is 14.7. The molecule has 2 N–H and O–H groups in total. The molecular formula is C19H19N6O2+. The van der Waals surface area contributed by atoms with Gasteiger partial charge >= 0.3 is 0 Å². The maximum atomic E-state index is 5.88. The average molecular weight is 363 g/mol. The van der Waals surface area contributed by atoms with Crippen molar-refractivity contribution in [2.24, 2.45) is 5.10 Å². The molecule has 1 aliphatic rings. The summed E-state index contributed by atoms with van der Waals surface area (Å²) in [5.41, 5.74) is 8.42. The number of ether oxygens (including phenoxy) is 1. The van der Waals surface area contributed by atoms with Gasteiger partial charge < -0.3 is 15.0 Å². The van der Waals surface area contributed by atoms with Gasteiger partial charge in [-0.25, -0.2) is 9.97 Å². The molecule has 136 valence electrons. The molecule has 0 fully saturated rings. The Balaban J connectivity index is 1.34. The number of nitrogens with two attached hydrogens (primary N) is 1. The maximum absolute atomic E-state index is 5.88. The smallest absolute Gasteiger partial charge is 0.213 e. The molecule has 4 rings (SSSR count). The Bertz CT molecular complexity index is 978. The van der Waals surface area contributed by atoms with Crippen molar-refractivity contribution < 1.29 is 13.9 Å². The number of hydrogen-bond donors (Lipinski definition) is 1. The van der Waals surface area contributed by atoms with Crippen LogP contribution in [0.1, 0.15) is 17.7 Å². The van der Waals surface area contributed by atoms with Crippen molar-refractivity contribution in [3.63, 3.8) is 0 Å². The van der Waals surface area contributed by atoms with Gasteiger partial charge in [0.2, 0.25) is 12.4 Å². The van der Waals surface area contributed by atoms with E-state index >= 15 is 0 Å². The van der Waals surface area contributed by atoms with E-state index in [0.29, 0.717) is 37.0 Å². The lowest BCUT2D eigenvalue weighted by molar-refractivity contribution is -0.527. The van der Waals surface area contributed by atoms with E-state index in [-0.39, 0.29) is 0 Å². The van der Waals surface area contributed by atoms with Crippen LogP contribution in [0.3, 0.4) is 0 Å². The molecule has 8 nitrogen and oxygen atoms in total. The van der Waals surface area contributed by atoms with Gasteiger partial charge in [0.1, 0.15) is 5.82 Å². The quantitative estimate of drug-likeness (QED) is 0.645. The first-order chi connectivity index (χ1) is 13.3. The maximum Gasteiger partial charge on any atom is 0.213 e. The lowest BCUT2D eigenvalue weighted by atomic mass is 10.1. The number of nitrogen functional groups attached to an aromatic ring is 1. The number of aromatic nitrogens is 3. The Labute approximate surface area is 156 Å². The summed E-state index contributed by atoms with van der Waals surface area (Å²) in [4.78, 5) is 8.40. The van der Waals surface area contributed by atoms with Gasteiger partial charge in [0.15, 0.2) is 18.6 Å². The molecule has 0 saturated heterocycles. The van der Waals surface area contributed by atoms with Crippen LogP contribution in [0, 0.1) is 0 Å². The molecule has 0 bridgehead atoms. The normalized spacial score (nSPS) is 13.0. The predicted molar refractivity (Wildman–Crippen MR) is 101 cm³/mol. The molecule has 0 saturated carbocycles. The summed E-state index contributed by atoms with van der Waals surface area (Å²) in [6, 6.07) is 9.35. The SMILES string of the molecule is Nc1ncccc1-c1cc(Cc2ccc(OCC[N+]3=CCC=N3)nc2)no1. The first kappa shape index (κ1) is 16.9. The highest BCUT2D eigenvalue weighted by Crippen LogP contribution is 2.25. The summed E-state index contributed by atoms with van der Waals surface area (Å²) in [6.45, 7) is 1.23. The molecule has 0 spiro atoms. The van der Waals surface area contributed by atoms with Gasteiger partial charge in [-0.1, -0.05) is 15.9 Å². The molecule has 0 atom stereocenters. The van der Waals surface area contributed by atoms with Crippen molar-refractivity contribution in [2.75, 3.05) is 18.9 Å². The molecule has 27 heavy (non-hydrogen) atoms. The lowest BCUT2D eigenvalue weighted by Crippen LogP contribution is -2.13.